The molecule has 1 saturated heterocycles. The van der Waals surface area contributed by atoms with Gasteiger partial charge >= 0.3 is 5.97 Å². The van der Waals surface area contributed by atoms with Crippen molar-refractivity contribution >= 4 is 32.7 Å². The van der Waals surface area contributed by atoms with E-state index in [9.17, 15) is 4.79 Å². The summed E-state index contributed by atoms with van der Waals surface area (Å²) in [4.78, 5) is 21.9. The van der Waals surface area contributed by atoms with E-state index in [-0.39, 0.29) is 5.97 Å². The Bertz CT molecular complexity index is 963. The van der Waals surface area contributed by atoms with Gasteiger partial charge in [0.05, 0.1) is 22.9 Å². The lowest BCUT2D eigenvalue weighted by molar-refractivity contribution is 0.0735. The summed E-state index contributed by atoms with van der Waals surface area (Å²) in [7, 11) is 1.59. The Morgan fingerprint density at radius 1 is 1.07 bits per heavy atom. The summed E-state index contributed by atoms with van der Waals surface area (Å²) in [6.07, 6.45) is 0. The fraction of sp³-hybridized carbons (Fsp3) is 0.333. The van der Waals surface area contributed by atoms with Crippen molar-refractivity contribution in [2.75, 3.05) is 44.7 Å². The number of thiazole rings is 1. The first-order valence-corrected chi connectivity index (χ1v) is 10.2. The fourth-order valence-electron chi connectivity index (χ4n) is 3.24. The highest BCUT2D eigenvalue weighted by Crippen LogP contribution is 2.32. The second-order valence-electron chi connectivity index (χ2n) is 6.67. The zero-order valence-corrected chi connectivity index (χ0v) is 16.9. The standard InChI is InChI=1S/C21H23N3O3S/c1-3-23-10-12-24(13-11-23)21-22-18-9-8-17(14-19(18)28-21)27-20(25)15-4-6-16(26-2)7-5-15/h4-9,14H,3,10-13H2,1-2H3. The fourth-order valence-corrected chi connectivity index (χ4v) is 4.29. The Hall–Kier alpha value is -2.64. The summed E-state index contributed by atoms with van der Waals surface area (Å²) in [6, 6.07) is 12.5. The Kier molecular flexibility index (Phi) is 5.45. The van der Waals surface area contributed by atoms with Gasteiger partial charge < -0.3 is 19.3 Å². The summed E-state index contributed by atoms with van der Waals surface area (Å²) in [5, 5.41) is 1.03. The molecule has 0 spiro atoms. The van der Waals surface area contributed by atoms with E-state index in [4.69, 9.17) is 14.5 Å². The normalized spacial score (nSPS) is 15.0. The SMILES string of the molecule is CCN1CCN(c2nc3ccc(OC(=O)c4ccc(OC)cc4)cc3s2)CC1. The van der Waals surface area contributed by atoms with Gasteiger partial charge in [-0.15, -0.1) is 0 Å². The highest BCUT2D eigenvalue weighted by atomic mass is 32.1. The lowest BCUT2D eigenvalue weighted by Crippen LogP contribution is -2.46. The summed E-state index contributed by atoms with van der Waals surface area (Å²) in [5.41, 5.74) is 1.42. The second-order valence-corrected chi connectivity index (χ2v) is 7.67. The molecule has 1 aliphatic heterocycles. The topological polar surface area (TPSA) is 54.9 Å². The van der Waals surface area contributed by atoms with Gasteiger partial charge in [0.25, 0.3) is 0 Å². The van der Waals surface area contributed by atoms with E-state index in [1.54, 1.807) is 48.8 Å². The number of hydrogen-bond donors (Lipinski definition) is 0. The van der Waals surface area contributed by atoms with E-state index in [2.05, 4.69) is 16.7 Å². The molecule has 0 unspecified atom stereocenters. The Morgan fingerprint density at radius 2 is 1.79 bits per heavy atom. The number of hydrogen-bond acceptors (Lipinski definition) is 7. The molecule has 7 heteroatoms. The molecule has 2 heterocycles. The number of nitrogens with zero attached hydrogens (tertiary/aromatic N) is 3. The largest absolute Gasteiger partial charge is 0.497 e. The molecule has 4 rings (SSSR count). The van der Waals surface area contributed by atoms with E-state index >= 15 is 0 Å². The van der Waals surface area contributed by atoms with Crippen LogP contribution in [-0.4, -0.2) is 55.7 Å². The molecule has 0 radical (unpaired) electrons. The number of methoxy groups -OCH3 is 1. The van der Waals surface area contributed by atoms with Crippen molar-refractivity contribution in [1.29, 1.82) is 0 Å². The first kappa shape index (κ1) is 18.7. The van der Waals surface area contributed by atoms with Crippen LogP contribution < -0.4 is 14.4 Å². The molecular formula is C21H23N3O3S. The van der Waals surface area contributed by atoms with Crippen LogP contribution in [0.3, 0.4) is 0 Å². The zero-order chi connectivity index (χ0) is 19.5. The molecule has 1 aliphatic rings. The van der Waals surface area contributed by atoms with Gasteiger partial charge in [-0.3, -0.25) is 0 Å². The van der Waals surface area contributed by atoms with Crippen molar-refractivity contribution < 1.29 is 14.3 Å². The van der Waals surface area contributed by atoms with Gasteiger partial charge in [0.15, 0.2) is 5.13 Å². The molecule has 0 amide bonds. The van der Waals surface area contributed by atoms with Crippen molar-refractivity contribution in [3.63, 3.8) is 0 Å². The molecule has 0 aliphatic carbocycles. The summed E-state index contributed by atoms with van der Waals surface area (Å²) < 4.78 is 11.7. The average molecular weight is 398 g/mol. The molecule has 3 aromatic rings. The number of aromatic nitrogens is 1. The quantitative estimate of drug-likeness (QED) is 0.484. The average Bonchev–Trinajstić information content (AvgIpc) is 3.17. The van der Waals surface area contributed by atoms with Crippen LogP contribution in [0.25, 0.3) is 10.2 Å². The number of esters is 1. The first-order valence-electron chi connectivity index (χ1n) is 9.40. The maximum absolute atomic E-state index is 12.4. The molecule has 0 atom stereocenters. The van der Waals surface area contributed by atoms with E-state index < -0.39 is 0 Å². The van der Waals surface area contributed by atoms with Crippen molar-refractivity contribution in [3.05, 3.63) is 48.0 Å². The van der Waals surface area contributed by atoms with Gasteiger partial charge in [0.2, 0.25) is 0 Å². The molecule has 0 N–H and O–H groups in total. The van der Waals surface area contributed by atoms with Crippen LogP contribution in [-0.2, 0) is 0 Å². The third-order valence-electron chi connectivity index (χ3n) is 4.97. The van der Waals surface area contributed by atoms with Crippen molar-refractivity contribution in [2.24, 2.45) is 0 Å². The number of fused-ring (bicyclic) bond motifs is 1. The molecule has 28 heavy (non-hydrogen) atoms. The molecular weight excluding hydrogens is 374 g/mol. The van der Waals surface area contributed by atoms with E-state index in [1.807, 2.05) is 12.1 Å². The maximum Gasteiger partial charge on any atom is 0.343 e. The number of carbonyl (C=O) groups is 1. The number of benzene rings is 2. The maximum atomic E-state index is 12.4. The summed E-state index contributed by atoms with van der Waals surface area (Å²) in [5.74, 6) is 0.844. The first-order chi connectivity index (χ1) is 13.7. The van der Waals surface area contributed by atoms with Gasteiger partial charge in [-0.05, 0) is 42.9 Å². The Morgan fingerprint density at radius 3 is 2.46 bits per heavy atom. The Labute approximate surface area is 168 Å². The van der Waals surface area contributed by atoms with Gasteiger partial charge in [0, 0.05) is 32.2 Å². The number of ether oxygens (including phenoxy) is 2. The number of likely N-dealkylation sites (N-methyl/N-ethyl adjacent to an activating group) is 1. The van der Waals surface area contributed by atoms with Gasteiger partial charge in [-0.25, -0.2) is 9.78 Å². The van der Waals surface area contributed by atoms with Gasteiger partial charge in [-0.2, -0.15) is 0 Å². The third kappa shape index (κ3) is 3.95. The predicted molar refractivity (Wildman–Crippen MR) is 112 cm³/mol. The predicted octanol–water partition coefficient (Wildman–Crippen LogP) is 3.67. The number of carbonyl (C=O) groups excluding carboxylic acids is 1. The van der Waals surface area contributed by atoms with Crippen LogP contribution in [0.15, 0.2) is 42.5 Å². The van der Waals surface area contributed by atoms with Crippen LogP contribution in [0, 0.1) is 0 Å². The monoisotopic (exact) mass is 397 g/mol. The number of piperazine rings is 1. The molecule has 1 fully saturated rings. The van der Waals surface area contributed by atoms with E-state index in [0.29, 0.717) is 17.1 Å². The van der Waals surface area contributed by atoms with Crippen LogP contribution in [0.1, 0.15) is 17.3 Å². The zero-order valence-electron chi connectivity index (χ0n) is 16.1. The smallest absolute Gasteiger partial charge is 0.343 e. The minimum atomic E-state index is -0.387. The molecule has 2 aromatic carbocycles. The summed E-state index contributed by atoms with van der Waals surface area (Å²) in [6.45, 7) is 7.41. The molecule has 6 nitrogen and oxygen atoms in total. The lowest BCUT2D eigenvalue weighted by atomic mass is 10.2. The van der Waals surface area contributed by atoms with E-state index in [1.165, 1.54) is 0 Å². The van der Waals surface area contributed by atoms with Crippen molar-refractivity contribution in [2.45, 2.75) is 6.92 Å². The minimum absolute atomic E-state index is 0.387. The highest BCUT2D eigenvalue weighted by molar-refractivity contribution is 7.22. The minimum Gasteiger partial charge on any atom is -0.497 e. The highest BCUT2D eigenvalue weighted by Gasteiger charge is 2.19. The van der Waals surface area contributed by atoms with Crippen LogP contribution >= 0.6 is 11.3 Å². The number of anilines is 1. The number of rotatable bonds is 5. The van der Waals surface area contributed by atoms with Gasteiger partial charge in [0.1, 0.15) is 11.5 Å². The third-order valence-corrected chi connectivity index (χ3v) is 6.05. The van der Waals surface area contributed by atoms with Crippen molar-refractivity contribution in [3.8, 4) is 11.5 Å². The molecule has 1 aromatic heterocycles. The van der Waals surface area contributed by atoms with E-state index in [0.717, 1.165) is 48.1 Å². The molecule has 0 saturated carbocycles. The van der Waals surface area contributed by atoms with Crippen LogP contribution in [0.5, 0.6) is 11.5 Å². The second kappa shape index (κ2) is 8.16. The summed E-state index contributed by atoms with van der Waals surface area (Å²) >= 11 is 1.64. The lowest BCUT2D eigenvalue weighted by Gasteiger charge is -2.33. The van der Waals surface area contributed by atoms with Crippen LogP contribution in [0.4, 0.5) is 5.13 Å². The van der Waals surface area contributed by atoms with Gasteiger partial charge in [-0.1, -0.05) is 18.3 Å². The van der Waals surface area contributed by atoms with Crippen molar-refractivity contribution in [1.82, 2.24) is 9.88 Å². The molecule has 0 bridgehead atoms. The molecule has 146 valence electrons. The van der Waals surface area contributed by atoms with Crippen LogP contribution in [0.2, 0.25) is 0 Å². The Balaban J connectivity index is 1.47.